The molecule has 0 N–H and O–H groups in total. The van der Waals surface area contributed by atoms with Gasteiger partial charge >= 0.3 is 0 Å². The fourth-order valence-corrected chi connectivity index (χ4v) is 0.995. The van der Waals surface area contributed by atoms with Crippen LogP contribution < -0.4 is 0 Å². The first-order chi connectivity index (χ1) is 4.48. The molecule has 0 aromatic rings. The number of thiol groups is 1. The molecular weight excluding hydrogens is 162 g/mol. The van der Waals surface area contributed by atoms with Crippen LogP contribution in [0.4, 0.5) is 0 Å². The molecule has 0 unspecified atom stereocenters. The summed E-state index contributed by atoms with van der Waals surface area (Å²) in [6, 6.07) is 0. The largest absolute Gasteiger partial charge is 0.309 e. The first kappa shape index (κ1) is 10.7. The van der Waals surface area contributed by atoms with Gasteiger partial charge in [-0.1, -0.05) is 10.8 Å². The molecule has 10 heavy (non-hydrogen) atoms. The molecule has 0 spiro atoms. The fraction of sp³-hybridized carbons (Fsp3) is 1.00. The second-order valence-electron chi connectivity index (χ2n) is 3.40. The van der Waals surface area contributed by atoms with Crippen molar-refractivity contribution in [3.8, 4) is 0 Å². The highest BCUT2D eigenvalue weighted by atomic mass is 33.1. The molecule has 3 heteroatoms. The van der Waals surface area contributed by atoms with E-state index >= 15 is 0 Å². The van der Waals surface area contributed by atoms with Crippen LogP contribution in [0.15, 0.2) is 0 Å². The molecule has 0 aliphatic rings. The topological polar surface area (TPSA) is 3.24 Å². The molecule has 62 valence electrons. The lowest BCUT2D eigenvalue weighted by atomic mass is 10.1. The van der Waals surface area contributed by atoms with E-state index in [-0.39, 0.29) is 0 Å². The van der Waals surface area contributed by atoms with Crippen LogP contribution in [0.5, 0.6) is 0 Å². The van der Waals surface area contributed by atoms with Crippen LogP contribution in [-0.4, -0.2) is 30.3 Å². The molecule has 0 aromatic heterocycles. The lowest BCUT2D eigenvalue weighted by Crippen LogP contribution is -2.22. The van der Waals surface area contributed by atoms with Crippen LogP contribution in [0, 0.1) is 0 Å². The summed E-state index contributed by atoms with van der Waals surface area (Å²) in [5.74, 6) is 0. The Labute approximate surface area is 73.4 Å². The number of nitrogens with zero attached hydrogens (tertiary/aromatic N) is 1. The highest BCUT2D eigenvalue weighted by Gasteiger charge is 2.15. The van der Waals surface area contributed by atoms with Crippen LogP contribution in [0.2, 0.25) is 0 Å². The van der Waals surface area contributed by atoms with Crippen molar-refractivity contribution in [1.29, 1.82) is 0 Å². The zero-order valence-corrected chi connectivity index (χ0v) is 8.93. The molecule has 0 fully saturated rings. The van der Waals surface area contributed by atoms with Crippen molar-refractivity contribution in [1.82, 2.24) is 4.90 Å². The average Bonchev–Trinajstić information content (AvgIpc) is 1.85. The van der Waals surface area contributed by atoms with E-state index < -0.39 is 0 Å². The third-order valence-corrected chi connectivity index (χ3v) is 3.59. The molecule has 1 nitrogen and oxygen atoms in total. The van der Waals surface area contributed by atoms with Gasteiger partial charge in [0.05, 0.1) is 0 Å². The summed E-state index contributed by atoms with van der Waals surface area (Å²) in [6.07, 6.45) is 1.19. The molecule has 0 aromatic carbocycles. The fourth-order valence-electron chi connectivity index (χ4n) is 0.539. The van der Waals surface area contributed by atoms with Gasteiger partial charge in [0.1, 0.15) is 0 Å². The first-order valence-electron chi connectivity index (χ1n) is 3.45. The molecule has 0 atom stereocenters. The molecule has 0 saturated heterocycles. The Morgan fingerprint density at radius 1 is 1.40 bits per heavy atom. The normalized spacial score (nSPS) is 12.6. The lowest BCUT2D eigenvalue weighted by molar-refractivity contribution is 0.381. The van der Waals surface area contributed by atoms with Gasteiger partial charge in [0.25, 0.3) is 0 Å². The average molecular weight is 179 g/mol. The molecule has 0 aliphatic carbocycles. The Morgan fingerprint density at radius 2 is 1.90 bits per heavy atom. The maximum absolute atomic E-state index is 4.20. The van der Waals surface area contributed by atoms with Crippen molar-refractivity contribution in [3.05, 3.63) is 0 Å². The number of rotatable bonds is 4. The molecule has 0 heterocycles. The van der Waals surface area contributed by atoms with E-state index in [2.05, 4.69) is 44.5 Å². The van der Waals surface area contributed by atoms with Crippen molar-refractivity contribution in [3.63, 3.8) is 0 Å². The van der Waals surface area contributed by atoms with Gasteiger partial charge < -0.3 is 4.90 Å². The maximum atomic E-state index is 4.20. The maximum Gasteiger partial charge on any atom is 0.0217 e. The van der Waals surface area contributed by atoms with Gasteiger partial charge in [-0.3, -0.25) is 0 Å². The molecule has 0 saturated carbocycles. The van der Waals surface area contributed by atoms with E-state index in [1.165, 1.54) is 6.42 Å². The van der Waals surface area contributed by atoms with Gasteiger partial charge in [0, 0.05) is 4.75 Å². The minimum atomic E-state index is 0.313. The molecule has 0 rings (SSSR count). The quantitative estimate of drug-likeness (QED) is 0.521. The van der Waals surface area contributed by atoms with Crippen molar-refractivity contribution in [2.75, 3.05) is 20.6 Å². The van der Waals surface area contributed by atoms with E-state index in [4.69, 9.17) is 0 Å². The zero-order chi connectivity index (χ0) is 8.20. The van der Waals surface area contributed by atoms with Crippen molar-refractivity contribution in [2.24, 2.45) is 0 Å². The second-order valence-corrected chi connectivity index (χ2v) is 5.24. The third kappa shape index (κ3) is 5.45. The highest BCUT2D eigenvalue weighted by Crippen LogP contribution is 2.30. The number of hydrogen-bond acceptors (Lipinski definition) is 3. The predicted octanol–water partition coefficient (Wildman–Crippen LogP) is 2.29. The Morgan fingerprint density at radius 3 is 2.20 bits per heavy atom. The summed E-state index contributed by atoms with van der Waals surface area (Å²) in [4.78, 5) is 2.20. The van der Waals surface area contributed by atoms with Gasteiger partial charge in [-0.2, -0.15) is 0 Å². The number of hydrogen-bond donors (Lipinski definition) is 1. The van der Waals surface area contributed by atoms with Gasteiger partial charge in [-0.25, -0.2) is 0 Å². The SMILES string of the molecule is CN(C)CCC(C)(C)SS. The van der Waals surface area contributed by atoms with Crippen LogP contribution in [0.3, 0.4) is 0 Å². The summed E-state index contributed by atoms with van der Waals surface area (Å²) in [6.45, 7) is 5.57. The molecule has 0 bridgehead atoms. The van der Waals surface area contributed by atoms with E-state index in [0.29, 0.717) is 4.75 Å². The van der Waals surface area contributed by atoms with E-state index in [9.17, 15) is 0 Å². The van der Waals surface area contributed by atoms with Crippen LogP contribution in [0.1, 0.15) is 20.3 Å². The van der Waals surface area contributed by atoms with Crippen LogP contribution in [0.25, 0.3) is 0 Å². The summed E-state index contributed by atoms with van der Waals surface area (Å²) < 4.78 is 0.313. The van der Waals surface area contributed by atoms with Crippen molar-refractivity contribution < 1.29 is 0 Å². The van der Waals surface area contributed by atoms with Crippen molar-refractivity contribution in [2.45, 2.75) is 25.0 Å². The summed E-state index contributed by atoms with van der Waals surface area (Å²) in [5, 5.41) is 0. The Kier molecular flexibility index (Phi) is 4.82. The lowest BCUT2D eigenvalue weighted by Gasteiger charge is -2.22. The Balaban J connectivity index is 3.46. The molecule has 0 amide bonds. The smallest absolute Gasteiger partial charge is 0.0217 e. The van der Waals surface area contributed by atoms with E-state index in [1.807, 2.05) is 0 Å². The molecule has 0 aliphatic heterocycles. The minimum absolute atomic E-state index is 0.313. The Bertz CT molecular complexity index is 91.6. The van der Waals surface area contributed by atoms with Gasteiger partial charge in [-0.15, -0.1) is 11.7 Å². The van der Waals surface area contributed by atoms with Crippen molar-refractivity contribution >= 4 is 22.5 Å². The van der Waals surface area contributed by atoms with E-state index in [0.717, 1.165) is 6.54 Å². The molecule has 0 radical (unpaired) electrons. The van der Waals surface area contributed by atoms with E-state index in [1.54, 1.807) is 10.8 Å². The first-order valence-corrected chi connectivity index (χ1v) is 5.32. The monoisotopic (exact) mass is 179 g/mol. The van der Waals surface area contributed by atoms with Crippen LogP contribution in [-0.2, 0) is 0 Å². The standard InChI is InChI=1S/C7H17NS2/c1-7(2,10-9)5-6-8(3)4/h9H,5-6H2,1-4H3. The zero-order valence-electron chi connectivity index (χ0n) is 7.22. The van der Waals surface area contributed by atoms with Gasteiger partial charge in [0.2, 0.25) is 0 Å². The summed E-state index contributed by atoms with van der Waals surface area (Å²) >= 11 is 4.20. The summed E-state index contributed by atoms with van der Waals surface area (Å²) in [7, 11) is 5.83. The Hall–Kier alpha value is 0.660. The second kappa shape index (κ2) is 4.52. The third-order valence-electron chi connectivity index (χ3n) is 1.41. The van der Waals surface area contributed by atoms with Gasteiger partial charge in [-0.05, 0) is 40.9 Å². The highest BCUT2D eigenvalue weighted by molar-refractivity contribution is 8.69. The van der Waals surface area contributed by atoms with Gasteiger partial charge in [0.15, 0.2) is 0 Å². The summed E-state index contributed by atoms with van der Waals surface area (Å²) in [5.41, 5.74) is 0. The molecular formula is C7H17NS2. The predicted molar refractivity (Wildman–Crippen MR) is 53.8 cm³/mol. The minimum Gasteiger partial charge on any atom is -0.309 e. The van der Waals surface area contributed by atoms with Crippen LogP contribution >= 0.6 is 22.5 Å².